The van der Waals surface area contributed by atoms with Crippen molar-refractivity contribution >= 4 is 34.0 Å². The van der Waals surface area contributed by atoms with E-state index in [-0.39, 0.29) is 5.91 Å². The van der Waals surface area contributed by atoms with Crippen LogP contribution in [0.1, 0.15) is 18.4 Å². The fourth-order valence-electron chi connectivity index (χ4n) is 1.55. The molecule has 0 unspecified atom stereocenters. The van der Waals surface area contributed by atoms with Crippen LogP contribution in [-0.2, 0) is 4.79 Å². The van der Waals surface area contributed by atoms with Crippen LogP contribution in [0, 0.1) is 6.92 Å². The second-order valence-corrected chi connectivity index (χ2v) is 5.65. The zero-order chi connectivity index (χ0) is 14.5. The number of para-hydroxylation sites is 1. The maximum atomic E-state index is 12.1. The smallest absolute Gasteiger partial charge is 0.267 e. The van der Waals surface area contributed by atoms with E-state index < -0.39 is 6.10 Å². The Kier molecular flexibility index (Phi) is 4.92. The molecule has 2 rings (SSSR count). The van der Waals surface area contributed by atoms with Crippen LogP contribution in [0.4, 0.5) is 5.13 Å². The van der Waals surface area contributed by atoms with Crippen molar-refractivity contribution < 1.29 is 9.53 Å². The third-order valence-corrected chi connectivity index (χ3v) is 3.59. The van der Waals surface area contributed by atoms with Crippen molar-refractivity contribution in [2.75, 3.05) is 5.32 Å². The van der Waals surface area contributed by atoms with E-state index in [1.54, 1.807) is 24.3 Å². The highest BCUT2D eigenvalue weighted by Gasteiger charge is 2.20. The summed E-state index contributed by atoms with van der Waals surface area (Å²) in [5, 5.41) is 12.1. The number of nitrogens with zero attached hydrogens (tertiary/aromatic N) is 2. The largest absolute Gasteiger partial charge is 0.479 e. The molecule has 0 bridgehead atoms. The molecule has 1 N–H and O–H groups in total. The highest BCUT2D eigenvalue weighted by atomic mass is 35.5. The normalized spacial score (nSPS) is 11.9. The van der Waals surface area contributed by atoms with Crippen LogP contribution in [-0.4, -0.2) is 22.2 Å². The van der Waals surface area contributed by atoms with Gasteiger partial charge in [0, 0.05) is 0 Å². The molecule has 0 saturated carbocycles. The third-order valence-electron chi connectivity index (χ3n) is 2.53. The number of benzene rings is 1. The minimum absolute atomic E-state index is 0.261. The third kappa shape index (κ3) is 3.68. The molecule has 5 nitrogen and oxygen atoms in total. The summed E-state index contributed by atoms with van der Waals surface area (Å²) in [4.78, 5) is 12.1. The van der Waals surface area contributed by atoms with E-state index >= 15 is 0 Å². The maximum absolute atomic E-state index is 12.1. The predicted molar refractivity (Wildman–Crippen MR) is 79.4 cm³/mol. The Morgan fingerprint density at radius 2 is 2.20 bits per heavy atom. The van der Waals surface area contributed by atoms with Crippen molar-refractivity contribution in [3.63, 3.8) is 0 Å². The number of halogens is 1. The van der Waals surface area contributed by atoms with Crippen LogP contribution >= 0.6 is 22.9 Å². The number of nitrogens with one attached hydrogen (secondary N) is 1. The molecular formula is C13H14ClN3O2S. The molecule has 0 aliphatic heterocycles. The molecule has 0 aliphatic carbocycles. The van der Waals surface area contributed by atoms with Crippen molar-refractivity contribution in [3.05, 3.63) is 34.3 Å². The molecule has 0 radical (unpaired) electrons. The zero-order valence-electron chi connectivity index (χ0n) is 11.1. The lowest BCUT2D eigenvalue weighted by atomic mass is 10.2. The number of ether oxygens (including phenoxy) is 1. The summed E-state index contributed by atoms with van der Waals surface area (Å²) in [6.07, 6.45) is -0.103. The molecule has 7 heteroatoms. The summed E-state index contributed by atoms with van der Waals surface area (Å²) in [7, 11) is 0. The fraction of sp³-hybridized carbons (Fsp3) is 0.308. The van der Waals surface area contributed by atoms with Gasteiger partial charge in [0.2, 0.25) is 5.13 Å². The Labute approximate surface area is 125 Å². The highest BCUT2D eigenvalue weighted by Crippen LogP contribution is 2.25. The summed E-state index contributed by atoms with van der Waals surface area (Å²) < 4.78 is 5.65. The van der Waals surface area contributed by atoms with Gasteiger partial charge in [0.25, 0.3) is 5.91 Å². The van der Waals surface area contributed by atoms with Gasteiger partial charge in [-0.1, -0.05) is 42.0 Å². The van der Waals surface area contributed by atoms with Crippen LogP contribution in [0.25, 0.3) is 0 Å². The van der Waals surface area contributed by atoms with Gasteiger partial charge in [-0.2, -0.15) is 0 Å². The van der Waals surface area contributed by atoms with Crippen molar-refractivity contribution in [3.8, 4) is 5.75 Å². The molecular weight excluding hydrogens is 298 g/mol. The number of carbonyl (C=O) groups excluding carboxylic acids is 1. The summed E-state index contributed by atoms with van der Waals surface area (Å²) >= 11 is 7.33. The molecule has 1 aromatic heterocycles. The number of anilines is 1. The monoisotopic (exact) mass is 311 g/mol. The minimum Gasteiger partial charge on any atom is -0.479 e. The summed E-state index contributed by atoms with van der Waals surface area (Å²) in [6, 6.07) is 7.06. The van der Waals surface area contributed by atoms with E-state index in [0.29, 0.717) is 22.3 Å². The second-order valence-electron chi connectivity index (χ2n) is 4.06. The van der Waals surface area contributed by atoms with Gasteiger partial charge in [-0.25, -0.2) is 0 Å². The first-order valence-corrected chi connectivity index (χ1v) is 7.31. The quantitative estimate of drug-likeness (QED) is 0.920. The lowest BCUT2D eigenvalue weighted by Gasteiger charge is -2.17. The van der Waals surface area contributed by atoms with Crippen LogP contribution < -0.4 is 10.1 Å². The molecule has 1 atom stereocenters. The Balaban J connectivity index is 2.04. The first-order valence-electron chi connectivity index (χ1n) is 6.12. The number of hydrogen-bond acceptors (Lipinski definition) is 5. The topological polar surface area (TPSA) is 64.1 Å². The van der Waals surface area contributed by atoms with E-state index in [1.807, 2.05) is 13.8 Å². The number of aryl methyl sites for hydroxylation is 1. The van der Waals surface area contributed by atoms with Crippen LogP contribution in [0.15, 0.2) is 24.3 Å². The molecule has 2 aromatic rings. The first kappa shape index (κ1) is 14.7. The van der Waals surface area contributed by atoms with Gasteiger partial charge in [-0.05, 0) is 25.5 Å². The number of rotatable bonds is 5. The van der Waals surface area contributed by atoms with Crippen LogP contribution in [0.3, 0.4) is 0 Å². The molecule has 1 aromatic carbocycles. The van der Waals surface area contributed by atoms with Gasteiger partial charge in [-0.3, -0.25) is 10.1 Å². The molecule has 0 saturated heterocycles. The van der Waals surface area contributed by atoms with Crippen molar-refractivity contribution in [1.82, 2.24) is 10.2 Å². The highest BCUT2D eigenvalue weighted by molar-refractivity contribution is 7.15. The van der Waals surface area contributed by atoms with E-state index in [2.05, 4.69) is 15.5 Å². The molecule has 0 fully saturated rings. The van der Waals surface area contributed by atoms with Crippen molar-refractivity contribution in [1.29, 1.82) is 0 Å². The van der Waals surface area contributed by atoms with Crippen LogP contribution in [0.2, 0.25) is 5.02 Å². The van der Waals surface area contributed by atoms with Crippen LogP contribution in [0.5, 0.6) is 5.75 Å². The zero-order valence-corrected chi connectivity index (χ0v) is 12.7. The second kappa shape index (κ2) is 6.67. The Morgan fingerprint density at radius 1 is 1.45 bits per heavy atom. The SMILES string of the molecule is CC[C@H](Oc1ccccc1Cl)C(=O)Nc1nnc(C)s1. The van der Waals surface area contributed by atoms with Crippen molar-refractivity contribution in [2.45, 2.75) is 26.4 Å². The van der Waals surface area contributed by atoms with Gasteiger partial charge in [-0.15, -0.1) is 10.2 Å². The Bertz CT molecular complexity index is 603. The number of carbonyl (C=O) groups is 1. The number of hydrogen-bond donors (Lipinski definition) is 1. The van der Waals surface area contributed by atoms with E-state index in [4.69, 9.17) is 16.3 Å². The van der Waals surface area contributed by atoms with E-state index in [9.17, 15) is 4.79 Å². The van der Waals surface area contributed by atoms with Gasteiger partial charge >= 0.3 is 0 Å². The molecule has 106 valence electrons. The molecule has 20 heavy (non-hydrogen) atoms. The van der Waals surface area contributed by atoms with Gasteiger partial charge in [0.15, 0.2) is 6.10 Å². The molecule has 1 amide bonds. The fourth-order valence-corrected chi connectivity index (χ4v) is 2.32. The summed E-state index contributed by atoms with van der Waals surface area (Å²) in [5.74, 6) is 0.230. The Morgan fingerprint density at radius 3 is 2.80 bits per heavy atom. The maximum Gasteiger partial charge on any atom is 0.267 e. The van der Waals surface area contributed by atoms with Crippen molar-refractivity contribution in [2.24, 2.45) is 0 Å². The average Bonchev–Trinajstić information content (AvgIpc) is 2.83. The standard InChI is InChI=1S/C13H14ClN3O2S/c1-3-10(19-11-7-5-4-6-9(11)14)12(18)15-13-17-16-8(2)20-13/h4-7,10H,3H2,1-2H3,(H,15,17,18)/t10-/m0/s1. The average molecular weight is 312 g/mol. The number of aromatic nitrogens is 2. The molecule has 1 heterocycles. The number of amides is 1. The molecule has 0 aliphatic rings. The van der Waals surface area contributed by atoms with Gasteiger partial charge in [0.05, 0.1) is 5.02 Å². The molecule has 0 spiro atoms. The minimum atomic E-state index is -0.626. The summed E-state index contributed by atoms with van der Waals surface area (Å²) in [5.41, 5.74) is 0. The predicted octanol–water partition coefficient (Wildman–Crippen LogP) is 3.30. The lowest BCUT2D eigenvalue weighted by molar-refractivity contribution is -0.122. The van der Waals surface area contributed by atoms with E-state index in [1.165, 1.54) is 11.3 Å². The summed E-state index contributed by atoms with van der Waals surface area (Å²) in [6.45, 7) is 3.69. The lowest BCUT2D eigenvalue weighted by Crippen LogP contribution is -2.32. The van der Waals surface area contributed by atoms with Gasteiger partial charge < -0.3 is 4.74 Å². The Hall–Kier alpha value is -1.66. The van der Waals surface area contributed by atoms with Gasteiger partial charge in [0.1, 0.15) is 10.8 Å². The first-order chi connectivity index (χ1) is 9.60. The van der Waals surface area contributed by atoms with E-state index in [0.717, 1.165) is 5.01 Å².